The van der Waals surface area contributed by atoms with E-state index in [9.17, 15) is 4.39 Å². The molecule has 0 fully saturated rings. The van der Waals surface area contributed by atoms with Crippen molar-refractivity contribution in [2.24, 2.45) is 0 Å². The van der Waals surface area contributed by atoms with E-state index in [2.05, 4.69) is 6.92 Å². The summed E-state index contributed by atoms with van der Waals surface area (Å²) in [6.07, 6.45) is 0.914. The van der Waals surface area contributed by atoms with E-state index in [1.807, 2.05) is 18.2 Å². The maximum Gasteiger partial charge on any atom is 0.161 e. The van der Waals surface area contributed by atoms with Gasteiger partial charge in [-0.3, -0.25) is 0 Å². The zero-order chi connectivity index (χ0) is 14.5. The van der Waals surface area contributed by atoms with Crippen LogP contribution in [0.4, 0.5) is 10.1 Å². The Balaban J connectivity index is 2.19. The summed E-state index contributed by atoms with van der Waals surface area (Å²) >= 11 is 0. The quantitative estimate of drug-likeness (QED) is 0.849. The fraction of sp³-hybridized carbons (Fsp3) is 0.250. The zero-order valence-corrected chi connectivity index (χ0v) is 11.7. The number of aryl methyl sites for hydroxylation is 1. The lowest BCUT2D eigenvalue weighted by atomic mass is 10.1. The molecule has 0 aromatic heterocycles. The monoisotopic (exact) mass is 275 g/mol. The molecule has 0 aliphatic heterocycles. The van der Waals surface area contributed by atoms with Gasteiger partial charge in [-0.2, -0.15) is 0 Å². The first-order valence-electron chi connectivity index (χ1n) is 6.48. The number of ether oxygens (including phenoxy) is 2. The minimum Gasteiger partial charge on any atom is -0.493 e. The van der Waals surface area contributed by atoms with Crippen molar-refractivity contribution in [3.63, 3.8) is 0 Å². The van der Waals surface area contributed by atoms with Crippen molar-refractivity contribution >= 4 is 5.69 Å². The van der Waals surface area contributed by atoms with E-state index in [4.69, 9.17) is 15.2 Å². The third kappa shape index (κ3) is 3.02. The second-order valence-electron chi connectivity index (χ2n) is 4.44. The Morgan fingerprint density at radius 2 is 1.95 bits per heavy atom. The van der Waals surface area contributed by atoms with Crippen molar-refractivity contribution in [1.82, 2.24) is 0 Å². The molecule has 0 saturated heterocycles. The number of nitrogen functional groups attached to an aromatic ring is 1. The summed E-state index contributed by atoms with van der Waals surface area (Å²) in [5, 5.41) is 0. The van der Waals surface area contributed by atoms with Crippen LogP contribution in [-0.2, 0) is 13.0 Å². The first-order chi connectivity index (χ1) is 9.65. The minimum atomic E-state index is -0.367. The van der Waals surface area contributed by atoms with Crippen LogP contribution in [0.3, 0.4) is 0 Å². The molecular formula is C16H18FNO2. The molecule has 0 unspecified atom stereocenters. The normalized spacial score (nSPS) is 10.3. The standard InChI is InChI=1S/C16H18FNO2/c1-3-11-7-8-15(16(9-11)19-2)20-10-12-13(17)5-4-6-14(12)18/h4-9H,3,10,18H2,1-2H3. The number of rotatable bonds is 5. The summed E-state index contributed by atoms with van der Waals surface area (Å²) in [7, 11) is 1.58. The van der Waals surface area contributed by atoms with Crippen LogP contribution in [0.25, 0.3) is 0 Å². The van der Waals surface area contributed by atoms with E-state index in [1.54, 1.807) is 19.2 Å². The molecule has 20 heavy (non-hydrogen) atoms. The molecule has 0 radical (unpaired) electrons. The average molecular weight is 275 g/mol. The number of methoxy groups -OCH3 is 1. The highest BCUT2D eigenvalue weighted by molar-refractivity contribution is 5.48. The van der Waals surface area contributed by atoms with E-state index in [0.29, 0.717) is 22.7 Å². The fourth-order valence-electron chi connectivity index (χ4n) is 1.93. The summed E-state index contributed by atoms with van der Waals surface area (Å²) in [5.74, 6) is 0.848. The van der Waals surface area contributed by atoms with Crippen LogP contribution in [-0.4, -0.2) is 7.11 Å². The number of halogens is 1. The maximum absolute atomic E-state index is 13.7. The van der Waals surface area contributed by atoms with Crippen molar-refractivity contribution < 1.29 is 13.9 Å². The van der Waals surface area contributed by atoms with Gasteiger partial charge in [0.15, 0.2) is 11.5 Å². The highest BCUT2D eigenvalue weighted by Gasteiger charge is 2.10. The van der Waals surface area contributed by atoms with Crippen LogP contribution in [0.1, 0.15) is 18.1 Å². The van der Waals surface area contributed by atoms with Gasteiger partial charge in [0.25, 0.3) is 0 Å². The van der Waals surface area contributed by atoms with Gasteiger partial charge in [0.2, 0.25) is 0 Å². The Morgan fingerprint density at radius 1 is 1.15 bits per heavy atom. The molecule has 2 rings (SSSR count). The molecule has 3 nitrogen and oxygen atoms in total. The van der Waals surface area contributed by atoms with Gasteiger partial charge in [-0.25, -0.2) is 4.39 Å². The fourth-order valence-corrected chi connectivity index (χ4v) is 1.93. The smallest absolute Gasteiger partial charge is 0.161 e. The highest BCUT2D eigenvalue weighted by atomic mass is 19.1. The molecule has 0 bridgehead atoms. The van der Waals surface area contributed by atoms with Crippen LogP contribution in [0, 0.1) is 5.82 Å². The second kappa shape index (κ2) is 6.28. The number of anilines is 1. The van der Waals surface area contributed by atoms with Crippen LogP contribution in [0.2, 0.25) is 0 Å². The van der Waals surface area contributed by atoms with Crippen molar-refractivity contribution in [2.45, 2.75) is 20.0 Å². The number of nitrogens with two attached hydrogens (primary N) is 1. The lowest BCUT2D eigenvalue weighted by Gasteiger charge is -2.13. The molecule has 2 aromatic carbocycles. The first kappa shape index (κ1) is 14.2. The molecule has 106 valence electrons. The van der Waals surface area contributed by atoms with E-state index in [-0.39, 0.29) is 12.4 Å². The molecule has 0 heterocycles. The van der Waals surface area contributed by atoms with Crippen LogP contribution in [0.5, 0.6) is 11.5 Å². The van der Waals surface area contributed by atoms with Gasteiger partial charge in [0.05, 0.1) is 7.11 Å². The Bertz CT molecular complexity index is 579. The summed E-state index contributed by atoms with van der Waals surface area (Å²) in [6, 6.07) is 10.3. The molecular weight excluding hydrogens is 257 g/mol. The van der Waals surface area contributed by atoms with Gasteiger partial charge in [-0.1, -0.05) is 19.1 Å². The van der Waals surface area contributed by atoms with Crippen molar-refractivity contribution in [1.29, 1.82) is 0 Å². The van der Waals surface area contributed by atoms with Gasteiger partial charge in [-0.05, 0) is 36.2 Å². The molecule has 4 heteroatoms. The Labute approximate surface area is 118 Å². The van der Waals surface area contributed by atoms with E-state index in [0.717, 1.165) is 12.0 Å². The number of hydrogen-bond acceptors (Lipinski definition) is 3. The van der Waals surface area contributed by atoms with Gasteiger partial charge in [0.1, 0.15) is 12.4 Å². The summed E-state index contributed by atoms with van der Waals surface area (Å²) in [5.41, 5.74) is 7.64. The molecule has 0 amide bonds. The Hall–Kier alpha value is -2.23. The first-order valence-corrected chi connectivity index (χ1v) is 6.48. The van der Waals surface area contributed by atoms with Crippen molar-refractivity contribution in [3.8, 4) is 11.5 Å². The van der Waals surface area contributed by atoms with Gasteiger partial charge < -0.3 is 15.2 Å². The van der Waals surface area contributed by atoms with Gasteiger partial charge >= 0.3 is 0 Å². The van der Waals surface area contributed by atoms with E-state index in [1.165, 1.54) is 6.07 Å². The van der Waals surface area contributed by atoms with Crippen molar-refractivity contribution in [2.75, 3.05) is 12.8 Å². The van der Waals surface area contributed by atoms with E-state index >= 15 is 0 Å². The largest absolute Gasteiger partial charge is 0.493 e. The van der Waals surface area contributed by atoms with Crippen LogP contribution in [0.15, 0.2) is 36.4 Å². The molecule has 0 spiro atoms. The third-order valence-corrected chi connectivity index (χ3v) is 3.16. The van der Waals surface area contributed by atoms with Crippen LogP contribution >= 0.6 is 0 Å². The Morgan fingerprint density at radius 3 is 2.60 bits per heavy atom. The zero-order valence-electron chi connectivity index (χ0n) is 11.7. The molecule has 2 N–H and O–H groups in total. The topological polar surface area (TPSA) is 44.5 Å². The van der Waals surface area contributed by atoms with Gasteiger partial charge in [-0.15, -0.1) is 0 Å². The predicted octanol–water partition coefficient (Wildman–Crippen LogP) is 3.56. The summed E-state index contributed by atoms with van der Waals surface area (Å²) < 4.78 is 24.6. The van der Waals surface area contributed by atoms with Gasteiger partial charge in [0, 0.05) is 11.3 Å². The maximum atomic E-state index is 13.7. The Kier molecular flexibility index (Phi) is 4.45. The lowest BCUT2D eigenvalue weighted by Crippen LogP contribution is -2.04. The third-order valence-electron chi connectivity index (χ3n) is 3.16. The van der Waals surface area contributed by atoms with E-state index < -0.39 is 0 Å². The predicted molar refractivity (Wildman–Crippen MR) is 77.5 cm³/mol. The molecule has 0 atom stereocenters. The molecule has 0 aliphatic carbocycles. The molecule has 0 saturated carbocycles. The molecule has 2 aromatic rings. The highest BCUT2D eigenvalue weighted by Crippen LogP contribution is 2.29. The SMILES string of the molecule is CCc1ccc(OCc2c(N)cccc2F)c(OC)c1. The second-order valence-corrected chi connectivity index (χ2v) is 4.44. The minimum absolute atomic E-state index is 0.0698. The van der Waals surface area contributed by atoms with Crippen molar-refractivity contribution in [3.05, 3.63) is 53.3 Å². The molecule has 0 aliphatic rings. The van der Waals surface area contributed by atoms with Crippen LogP contribution < -0.4 is 15.2 Å². The lowest BCUT2D eigenvalue weighted by molar-refractivity contribution is 0.280. The average Bonchev–Trinajstić information content (AvgIpc) is 2.46. The number of benzene rings is 2. The summed E-state index contributed by atoms with van der Waals surface area (Å²) in [6.45, 7) is 2.13. The number of hydrogen-bond donors (Lipinski definition) is 1. The summed E-state index contributed by atoms with van der Waals surface area (Å²) in [4.78, 5) is 0.